The Balaban J connectivity index is 2.41. The van der Waals surface area contributed by atoms with Gasteiger partial charge in [0.1, 0.15) is 0 Å². The Labute approximate surface area is 97.5 Å². The zero-order chi connectivity index (χ0) is 10.9. The van der Waals surface area contributed by atoms with Crippen molar-refractivity contribution in [2.45, 2.75) is 31.7 Å². The maximum absolute atomic E-state index is 10.4. The molecule has 0 saturated heterocycles. The highest BCUT2D eigenvalue weighted by Gasteiger charge is 2.30. The first kappa shape index (κ1) is 10.6. The Kier molecular flexibility index (Phi) is 2.76. The van der Waals surface area contributed by atoms with Crippen molar-refractivity contribution in [3.05, 3.63) is 33.8 Å². The van der Waals surface area contributed by atoms with Crippen LogP contribution < -0.4 is 0 Å². The molecule has 0 aromatic heterocycles. The number of isocyanates is 1. The van der Waals surface area contributed by atoms with Gasteiger partial charge in [-0.25, -0.2) is 4.79 Å². The molecular formula is C12H12BrNO. The summed E-state index contributed by atoms with van der Waals surface area (Å²) in [6, 6.07) is 6.23. The fourth-order valence-electron chi connectivity index (χ4n) is 2.11. The zero-order valence-electron chi connectivity index (χ0n) is 8.59. The molecule has 1 unspecified atom stereocenters. The second-order valence-electron chi connectivity index (χ2n) is 4.25. The monoisotopic (exact) mass is 265 g/mol. The molecule has 0 fully saturated rings. The highest BCUT2D eigenvalue weighted by atomic mass is 79.9. The van der Waals surface area contributed by atoms with Crippen molar-refractivity contribution in [3.63, 3.8) is 0 Å². The summed E-state index contributed by atoms with van der Waals surface area (Å²) in [4.78, 5) is 14.3. The van der Waals surface area contributed by atoms with Crippen LogP contribution in [0, 0.1) is 0 Å². The largest absolute Gasteiger partial charge is 0.235 e. The molecule has 0 aliphatic heterocycles. The summed E-state index contributed by atoms with van der Waals surface area (Å²) >= 11 is 3.54. The lowest BCUT2D eigenvalue weighted by Crippen LogP contribution is -2.30. The molecule has 1 aromatic rings. The molecular weight excluding hydrogens is 254 g/mol. The Morgan fingerprint density at radius 3 is 3.07 bits per heavy atom. The van der Waals surface area contributed by atoms with Gasteiger partial charge in [0, 0.05) is 4.47 Å². The minimum absolute atomic E-state index is 0.265. The molecule has 0 bridgehead atoms. The molecule has 1 aromatic carbocycles. The summed E-state index contributed by atoms with van der Waals surface area (Å²) in [5, 5.41) is 0. The van der Waals surface area contributed by atoms with Gasteiger partial charge >= 0.3 is 0 Å². The third-order valence-electron chi connectivity index (χ3n) is 3.02. The van der Waals surface area contributed by atoms with Crippen molar-refractivity contribution in [1.82, 2.24) is 0 Å². The van der Waals surface area contributed by atoms with Crippen molar-refractivity contribution >= 4 is 22.0 Å². The summed E-state index contributed by atoms with van der Waals surface area (Å²) in [6.45, 7) is 2.01. The van der Waals surface area contributed by atoms with Gasteiger partial charge < -0.3 is 0 Å². The molecule has 1 aliphatic rings. The number of nitrogens with zero attached hydrogens (tertiary/aromatic N) is 1. The molecule has 3 heteroatoms. The Hall–Kier alpha value is -0.920. The molecule has 0 spiro atoms. The van der Waals surface area contributed by atoms with Gasteiger partial charge in [0.15, 0.2) is 0 Å². The second kappa shape index (κ2) is 3.92. The van der Waals surface area contributed by atoms with Crippen molar-refractivity contribution < 1.29 is 4.79 Å². The molecule has 0 saturated carbocycles. The molecule has 15 heavy (non-hydrogen) atoms. The lowest BCUT2D eigenvalue weighted by molar-refractivity contribution is 0.407. The van der Waals surface area contributed by atoms with E-state index in [1.165, 1.54) is 11.1 Å². The van der Waals surface area contributed by atoms with Gasteiger partial charge in [0.25, 0.3) is 0 Å². The van der Waals surface area contributed by atoms with E-state index in [0.29, 0.717) is 0 Å². The molecule has 0 radical (unpaired) electrons. The SMILES string of the molecule is CC1(N=C=O)CCc2cccc(Br)c2C1. The van der Waals surface area contributed by atoms with Crippen molar-refractivity contribution in [3.8, 4) is 0 Å². The van der Waals surface area contributed by atoms with Crippen LogP contribution >= 0.6 is 15.9 Å². The average Bonchev–Trinajstić information content (AvgIpc) is 2.20. The minimum atomic E-state index is -0.265. The van der Waals surface area contributed by atoms with E-state index < -0.39 is 0 Å². The van der Waals surface area contributed by atoms with Gasteiger partial charge in [0.05, 0.1) is 5.54 Å². The quantitative estimate of drug-likeness (QED) is 0.567. The fraction of sp³-hybridized carbons (Fsp3) is 0.417. The smallest absolute Gasteiger partial charge is 0.211 e. The number of fused-ring (bicyclic) bond motifs is 1. The maximum atomic E-state index is 10.4. The van der Waals surface area contributed by atoms with E-state index in [1.807, 2.05) is 13.0 Å². The van der Waals surface area contributed by atoms with Crippen LogP contribution in [0.2, 0.25) is 0 Å². The molecule has 1 aliphatic carbocycles. The van der Waals surface area contributed by atoms with Gasteiger partial charge in [0.2, 0.25) is 6.08 Å². The highest BCUT2D eigenvalue weighted by molar-refractivity contribution is 9.10. The van der Waals surface area contributed by atoms with E-state index in [2.05, 4.69) is 33.1 Å². The van der Waals surface area contributed by atoms with Crippen molar-refractivity contribution in [2.24, 2.45) is 4.99 Å². The summed E-state index contributed by atoms with van der Waals surface area (Å²) in [5.74, 6) is 0. The van der Waals surface area contributed by atoms with Crippen LogP contribution in [0.4, 0.5) is 0 Å². The van der Waals surface area contributed by atoms with E-state index in [0.717, 1.165) is 23.7 Å². The van der Waals surface area contributed by atoms with E-state index in [4.69, 9.17) is 0 Å². The highest BCUT2D eigenvalue weighted by Crippen LogP contribution is 2.34. The van der Waals surface area contributed by atoms with Crippen LogP contribution in [0.15, 0.2) is 27.7 Å². The third-order valence-corrected chi connectivity index (χ3v) is 3.76. The minimum Gasteiger partial charge on any atom is -0.211 e. The zero-order valence-corrected chi connectivity index (χ0v) is 10.2. The average molecular weight is 266 g/mol. The molecule has 1 atom stereocenters. The van der Waals surface area contributed by atoms with E-state index in [1.54, 1.807) is 6.08 Å². The number of hydrogen-bond acceptors (Lipinski definition) is 2. The first-order valence-corrected chi connectivity index (χ1v) is 5.79. The van der Waals surface area contributed by atoms with E-state index >= 15 is 0 Å². The lowest BCUT2D eigenvalue weighted by atomic mass is 9.80. The van der Waals surface area contributed by atoms with Gasteiger partial charge in [-0.3, -0.25) is 0 Å². The number of hydrogen-bond donors (Lipinski definition) is 0. The number of benzene rings is 1. The third kappa shape index (κ3) is 2.04. The van der Waals surface area contributed by atoms with Crippen LogP contribution in [0.5, 0.6) is 0 Å². The van der Waals surface area contributed by atoms with Crippen LogP contribution in [0.25, 0.3) is 0 Å². The normalized spacial score (nSPS) is 24.1. The van der Waals surface area contributed by atoms with Crippen LogP contribution in [-0.2, 0) is 17.6 Å². The van der Waals surface area contributed by atoms with Gasteiger partial charge in [-0.05, 0) is 43.4 Å². The summed E-state index contributed by atoms with van der Waals surface area (Å²) < 4.78 is 1.12. The van der Waals surface area contributed by atoms with E-state index in [-0.39, 0.29) is 5.54 Å². The molecule has 78 valence electrons. The summed E-state index contributed by atoms with van der Waals surface area (Å²) in [7, 11) is 0. The molecule has 0 heterocycles. The molecule has 0 amide bonds. The van der Waals surface area contributed by atoms with Crippen molar-refractivity contribution in [1.29, 1.82) is 0 Å². The van der Waals surface area contributed by atoms with Crippen LogP contribution in [0.1, 0.15) is 24.5 Å². The van der Waals surface area contributed by atoms with Gasteiger partial charge in [-0.15, -0.1) is 0 Å². The number of halogens is 1. The van der Waals surface area contributed by atoms with Crippen LogP contribution in [0.3, 0.4) is 0 Å². The van der Waals surface area contributed by atoms with Crippen LogP contribution in [-0.4, -0.2) is 11.6 Å². The Bertz CT molecular complexity index is 437. The molecule has 0 N–H and O–H groups in total. The predicted octanol–water partition coefficient (Wildman–Crippen LogP) is 3.03. The second-order valence-corrected chi connectivity index (χ2v) is 5.11. The number of carbonyl (C=O) groups excluding carboxylic acids is 1. The Morgan fingerprint density at radius 1 is 1.53 bits per heavy atom. The molecule has 2 rings (SSSR count). The Morgan fingerprint density at radius 2 is 2.33 bits per heavy atom. The summed E-state index contributed by atoms with van der Waals surface area (Å²) in [6.07, 6.45) is 4.41. The number of aliphatic imine (C=N–C) groups is 1. The molecule has 2 nitrogen and oxygen atoms in total. The topological polar surface area (TPSA) is 29.4 Å². The first-order chi connectivity index (χ1) is 7.14. The van der Waals surface area contributed by atoms with Gasteiger partial charge in [-0.1, -0.05) is 28.1 Å². The number of rotatable bonds is 1. The standard InChI is InChI=1S/C12H12BrNO/c1-12(14-8-15)6-5-9-3-2-4-11(13)10(9)7-12/h2-4H,5-7H2,1H3. The fourth-order valence-corrected chi connectivity index (χ4v) is 2.66. The van der Waals surface area contributed by atoms with Gasteiger partial charge in [-0.2, -0.15) is 4.99 Å². The summed E-state index contributed by atoms with van der Waals surface area (Å²) in [5.41, 5.74) is 2.38. The first-order valence-electron chi connectivity index (χ1n) is 5.00. The number of aryl methyl sites for hydroxylation is 1. The lowest BCUT2D eigenvalue weighted by Gasteiger charge is -2.30. The maximum Gasteiger partial charge on any atom is 0.235 e. The van der Waals surface area contributed by atoms with E-state index in [9.17, 15) is 4.79 Å². The van der Waals surface area contributed by atoms with Crippen molar-refractivity contribution in [2.75, 3.05) is 0 Å². The predicted molar refractivity (Wildman–Crippen MR) is 62.7 cm³/mol.